The van der Waals surface area contributed by atoms with Gasteiger partial charge >= 0.3 is 5.97 Å². The van der Waals surface area contributed by atoms with Crippen molar-refractivity contribution in [3.8, 4) is 16.9 Å². The first-order valence-corrected chi connectivity index (χ1v) is 7.22. The Balaban J connectivity index is 2.39. The van der Waals surface area contributed by atoms with Crippen LogP contribution in [0.15, 0.2) is 36.5 Å². The van der Waals surface area contributed by atoms with Gasteiger partial charge in [0.15, 0.2) is 0 Å². The van der Waals surface area contributed by atoms with Crippen LogP contribution in [0.1, 0.15) is 5.56 Å². The van der Waals surface area contributed by atoms with E-state index in [1.54, 1.807) is 30.5 Å². The van der Waals surface area contributed by atoms with Crippen molar-refractivity contribution in [2.75, 3.05) is 0 Å². The molecule has 3 aromatic rings. The number of carboxylic acids is 1. The number of aromatic hydroxyl groups is 1. The van der Waals surface area contributed by atoms with E-state index in [4.69, 9.17) is 28.3 Å². The van der Waals surface area contributed by atoms with Gasteiger partial charge in [-0.3, -0.25) is 4.79 Å². The van der Waals surface area contributed by atoms with Crippen LogP contribution in [0.4, 0.5) is 0 Å². The average Bonchev–Trinajstić information content (AvgIpc) is 2.83. The van der Waals surface area contributed by atoms with Gasteiger partial charge in [0.2, 0.25) is 0 Å². The number of carbonyl (C=O) groups is 1. The molecule has 22 heavy (non-hydrogen) atoms. The number of phenols is 1. The Morgan fingerprint density at radius 2 is 1.77 bits per heavy atom. The number of benzene rings is 2. The summed E-state index contributed by atoms with van der Waals surface area (Å²) in [6.45, 7) is 0. The lowest BCUT2D eigenvalue weighted by Crippen LogP contribution is -1.99. The zero-order valence-corrected chi connectivity index (χ0v) is 12.7. The number of hydrogen-bond acceptors (Lipinski definition) is 2. The summed E-state index contributed by atoms with van der Waals surface area (Å²) >= 11 is 12.5. The fraction of sp³-hybridized carbons (Fsp3) is 0.0625. The fourth-order valence-corrected chi connectivity index (χ4v) is 3.16. The van der Waals surface area contributed by atoms with Gasteiger partial charge < -0.3 is 15.2 Å². The van der Waals surface area contributed by atoms with Crippen molar-refractivity contribution >= 4 is 40.1 Å². The van der Waals surface area contributed by atoms with Gasteiger partial charge in [0.05, 0.1) is 16.5 Å². The molecule has 0 unspecified atom stereocenters. The Morgan fingerprint density at radius 3 is 2.41 bits per heavy atom. The van der Waals surface area contributed by atoms with Gasteiger partial charge in [-0.15, -0.1) is 0 Å². The zero-order valence-electron chi connectivity index (χ0n) is 11.2. The standard InChI is InChI=1S/C16H11Cl2NO3/c17-9-2-1-3-10(18)15(9)16-12(20)5-4-11-14(16)8(7-19-11)6-13(21)22/h1-5,7,19-20H,6H2,(H,21,22). The van der Waals surface area contributed by atoms with Crippen molar-refractivity contribution in [1.82, 2.24) is 4.98 Å². The lowest BCUT2D eigenvalue weighted by molar-refractivity contribution is -0.136. The van der Waals surface area contributed by atoms with Crippen molar-refractivity contribution < 1.29 is 15.0 Å². The number of carboxylic acid groups (broad SMARTS) is 1. The number of fused-ring (bicyclic) bond motifs is 1. The molecule has 2 aromatic carbocycles. The molecule has 0 radical (unpaired) electrons. The smallest absolute Gasteiger partial charge is 0.307 e. The minimum absolute atomic E-state index is 0.00580. The highest BCUT2D eigenvalue weighted by Crippen LogP contribution is 2.44. The van der Waals surface area contributed by atoms with Crippen LogP contribution < -0.4 is 0 Å². The number of rotatable bonds is 3. The summed E-state index contributed by atoms with van der Waals surface area (Å²) in [6, 6.07) is 8.26. The van der Waals surface area contributed by atoms with Gasteiger partial charge in [0.25, 0.3) is 0 Å². The molecule has 0 saturated heterocycles. The quantitative estimate of drug-likeness (QED) is 0.660. The zero-order chi connectivity index (χ0) is 15.9. The Morgan fingerprint density at radius 1 is 1.09 bits per heavy atom. The maximum atomic E-state index is 11.0. The number of hydrogen-bond donors (Lipinski definition) is 3. The molecule has 4 nitrogen and oxygen atoms in total. The van der Waals surface area contributed by atoms with Crippen molar-refractivity contribution in [3.05, 3.63) is 52.1 Å². The summed E-state index contributed by atoms with van der Waals surface area (Å²) in [5.41, 5.74) is 2.19. The molecule has 112 valence electrons. The molecule has 0 aliphatic heterocycles. The van der Waals surface area contributed by atoms with Crippen LogP contribution in [0.2, 0.25) is 10.0 Å². The molecule has 0 bridgehead atoms. The second kappa shape index (κ2) is 5.55. The largest absolute Gasteiger partial charge is 0.507 e. The molecular weight excluding hydrogens is 325 g/mol. The van der Waals surface area contributed by atoms with Crippen LogP contribution in [0.5, 0.6) is 5.75 Å². The van der Waals surface area contributed by atoms with E-state index in [1.807, 2.05) is 0 Å². The molecule has 3 rings (SSSR count). The summed E-state index contributed by atoms with van der Waals surface area (Å²) in [5, 5.41) is 20.7. The van der Waals surface area contributed by atoms with Crippen LogP contribution in [0, 0.1) is 0 Å². The molecule has 0 aliphatic carbocycles. The number of halogens is 2. The molecule has 6 heteroatoms. The number of phenolic OH excluding ortho intramolecular Hbond substituents is 1. The van der Waals surface area contributed by atoms with E-state index < -0.39 is 5.97 Å². The van der Waals surface area contributed by atoms with Gasteiger partial charge in [-0.05, 0) is 29.8 Å². The lowest BCUT2D eigenvalue weighted by Gasteiger charge is -2.12. The van der Waals surface area contributed by atoms with Crippen molar-refractivity contribution in [1.29, 1.82) is 0 Å². The molecule has 0 saturated carbocycles. The first-order valence-electron chi connectivity index (χ1n) is 6.47. The number of nitrogens with one attached hydrogen (secondary N) is 1. The maximum Gasteiger partial charge on any atom is 0.307 e. The van der Waals surface area contributed by atoms with Crippen molar-refractivity contribution in [2.24, 2.45) is 0 Å². The molecule has 1 heterocycles. The van der Waals surface area contributed by atoms with Gasteiger partial charge in [-0.1, -0.05) is 29.3 Å². The van der Waals surface area contributed by atoms with Gasteiger partial charge in [0, 0.05) is 28.2 Å². The summed E-state index contributed by atoms with van der Waals surface area (Å²) in [6.07, 6.45) is 1.45. The van der Waals surface area contributed by atoms with E-state index in [1.165, 1.54) is 6.07 Å². The Bertz CT molecular complexity index is 866. The normalized spacial score (nSPS) is 11.0. The van der Waals surface area contributed by atoms with Crippen molar-refractivity contribution in [2.45, 2.75) is 6.42 Å². The number of aliphatic carboxylic acids is 1. The summed E-state index contributed by atoms with van der Waals surface area (Å²) in [5.74, 6) is -0.964. The van der Waals surface area contributed by atoms with E-state index in [2.05, 4.69) is 4.98 Å². The van der Waals surface area contributed by atoms with Gasteiger partial charge in [0.1, 0.15) is 5.75 Å². The second-order valence-corrected chi connectivity index (χ2v) is 5.68. The van der Waals surface area contributed by atoms with E-state index in [9.17, 15) is 9.90 Å². The SMILES string of the molecule is O=C(O)Cc1c[nH]c2ccc(O)c(-c3c(Cl)cccc3Cl)c12. The molecule has 0 aliphatic rings. The van der Waals surface area contributed by atoms with E-state index in [0.29, 0.717) is 37.6 Å². The van der Waals surface area contributed by atoms with Gasteiger partial charge in [-0.2, -0.15) is 0 Å². The summed E-state index contributed by atoms with van der Waals surface area (Å²) in [4.78, 5) is 14.1. The minimum atomic E-state index is -0.958. The number of H-pyrrole nitrogens is 1. The number of aromatic amines is 1. The van der Waals surface area contributed by atoms with Crippen LogP contribution in [-0.2, 0) is 11.2 Å². The molecule has 0 amide bonds. The topological polar surface area (TPSA) is 73.3 Å². The van der Waals surface area contributed by atoms with Gasteiger partial charge in [-0.25, -0.2) is 0 Å². The highest BCUT2D eigenvalue weighted by atomic mass is 35.5. The van der Waals surface area contributed by atoms with Crippen LogP contribution >= 0.6 is 23.2 Å². The summed E-state index contributed by atoms with van der Waals surface area (Å²) in [7, 11) is 0. The molecule has 3 N–H and O–H groups in total. The first-order chi connectivity index (χ1) is 10.5. The Kier molecular flexibility index (Phi) is 3.72. The third-order valence-electron chi connectivity index (χ3n) is 3.46. The monoisotopic (exact) mass is 335 g/mol. The van der Waals surface area contributed by atoms with Crippen LogP contribution in [0.25, 0.3) is 22.0 Å². The third-order valence-corrected chi connectivity index (χ3v) is 4.09. The average molecular weight is 336 g/mol. The Labute approximate surface area is 135 Å². The number of aromatic nitrogens is 1. The maximum absolute atomic E-state index is 11.0. The predicted molar refractivity (Wildman–Crippen MR) is 86.8 cm³/mol. The molecule has 1 aromatic heterocycles. The molecule has 0 fully saturated rings. The Hall–Kier alpha value is -2.17. The molecule has 0 atom stereocenters. The van der Waals surface area contributed by atoms with Crippen LogP contribution in [-0.4, -0.2) is 21.2 Å². The van der Waals surface area contributed by atoms with Crippen molar-refractivity contribution in [3.63, 3.8) is 0 Å². The third kappa shape index (κ3) is 2.40. The molecular formula is C16H11Cl2NO3. The van der Waals surface area contributed by atoms with E-state index in [-0.39, 0.29) is 12.2 Å². The fourth-order valence-electron chi connectivity index (χ4n) is 2.57. The predicted octanol–water partition coefficient (Wildman–Crippen LogP) is 4.47. The highest BCUT2D eigenvalue weighted by molar-refractivity contribution is 6.40. The summed E-state index contributed by atoms with van der Waals surface area (Å²) < 4.78 is 0. The first kappa shape index (κ1) is 14.8. The van der Waals surface area contributed by atoms with Crippen LogP contribution in [0.3, 0.4) is 0 Å². The lowest BCUT2D eigenvalue weighted by atomic mass is 9.97. The van der Waals surface area contributed by atoms with E-state index >= 15 is 0 Å². The highest BCUT2D eigenvalue weighted by Gasteiger charge is 2.19. The van der Waals surface area contributed by atoms with E-state index in [0.717, 1.165) is 0 Å². The second-order valence-electron chi connectivity index (χ2n) is 4.86. The molecule has 0 spiro atoms. The minimum Gasteiger partial charge on any atom is -0.507 e.